The Morgan fingerprint density at radius 3 is 1.95 bits per heavy atom. The summed E-state index contributed by atoms with van der Waals surface area (Å²) in [5, 5.41) is 0. The maximum absolute atomic E-state index is 2.56. The van der Waals surface area contributed by atoms with Gasteiger partial charge in [-0.15, -0.1) is 0 Å². The standard InChI is InChI=1S/C19H33N/c1-17(2)9-7-10-18(3)11-8-12-19(4)13-16-20-14-5-6-15-20/h9,11,13H,5-8,10,12,14-16H2,1-4H3. The van der Waals surface area contributed by atoms with Crippen LogP contribution in [0.2, 0.25) is 0 Å². The van der Waals surface area contributed by atoms with Crippen LogP contribution in [0, 0.1) is 0 Å². The summed E-state index contributed by atoms with van der Waals surface area (Å²) in [6.45, 7) is 12.7. The van der Waals surface area contributed by atoms with Crippen molar-refractivity contribution in [2.45, 2.75) is 66.2 Å². The van der Waals surface area contributed by atoms with E-state index in [0.717, 1.165) is 6.54 Å². The van der Waals surface area contributed by atoms with Crippen molar-refractivity contribution in [2.24, 2.45) is 0 Å². The maximum atomic E-state index is 2.56. The molecule has 0 aromatic heterocycles. The number of nitrogens with zero attached hydrogens (tertiary/aromatic N) is 1. The average Bonchev–Trinajstić information content (AvgIpc) is 2.89. The normalized spacial score (nSPS) is 17.6. The molecular weight excluding hydrogens is 242 g/mol. The van der Waals surface area contributed by atoms with E-state index in [1.807, 2.05) is 0 Å². The van der Waals surface area contributed by atoms with E-state index in [0.29, 0.717) is 0 Å². The van der Waals surface area contributed by atoms with E-state index in [9.17, 15) is 0 Å². The zero-order chi connectivity index (χ0) is 14.8. The van der Waals surface area contributed by atoms with Crippen LogP contribution in [0.25, 0.3) is 0 Å². The minimum atomic E-state index is 1.16. The Morgan fingerprint density at radius 1 is 0.800 bits per heavy atom. The van der Waals surface area contributed by atoms with Crippen LogP contribution >= 0.6 is 0 Å². The molecule has 1 heterocycles. The van der Waals surface area contributed by atoms with E-state index < -0.39 is 0 Å². The smallest absolute Gasteiger partial charge is 0.0165 e. The summed E-state index contributed by atoms with van der Waals surface area (Å²) in [6.07, 6.45) is 14.8. The molecule has 0 atom stereocenters. The minimum absolute atomic E-state index is 1.16. The lowest BCUT2D eigenvalue weighted by Crippen LogP contribution is -2.18. The highest BCUT2D eigenvalue weighted by Crippen LogP contribution is 2.12. The number of hydrogen-bond acceptors (Lipinski definition) is 1. The van der Waals surface area contributed by atoms with Gasteiger partial charge in [0.15, 0.2) is 0 Å². The van der Waals surface area contributed by atoms with Gasteiger partial charge in [-0.05, 0) is 79.3 Å². The first-order chi connectivity index (χ1) is 9.58. The molecule has 114 valence electrons. The molecule has 0 spiro atoms. The Bertz CT molecular complexity index is 350. The fraction of sp³-hybridized carbons (Fsp3) is 0.684. The molecular formula is C19H33N. The monoisotopic (exact) mass is 275 g/mol. The van der Waals surface area contributed by atoms with Crippen molar-refractivity contribution in [3.8, 4) is 0 Å². The van der Waals surface area contributed by atoms with Crippen LogP contribution < -0.4 is 0 Å². The summed E-state index contributed by atoms with van der Waals surface area (Å²) >= 11 is 0. The van der Waals surface area contributed by atoms with Crippen molar-refractivity contribution >= 4 is 0 Å². The van der Waals surface area contributed by atoms with E-state index in [1.165, 1.54) is 62.8 Å². The molecule has 0 aromatic carbocycles. The fourth-order valence-corrected chi connectivity index (χ4v) is 2.59. The number of allylic oxidation sites excluding steroid dienone is 5. The van der Waals surface area contributed by atoms with E-state index >= 15 is 0 Å². The quantitative estimate of drug-likeness (QED) is 0.529. The van der Waals surface area contributed by atoms with Gasteiger partial charge >= 0.3 is 0 Å². The fourth-order valence-electron chi connectivity index (χ4n) is 2.59. The molecule has 1 heteroatoms. The molecule has 1 aliphatic heterocycles. The Kier molecular flexibility index (Phi) is 8.60. The molecule has 20 heavy (non-hydrogen) atoms. The molecule has 1 saturated heterocycles. The third kappa shape index (κ3) is 8.37. The lowest BCUT2D eigenvalue weighted by molar-refractivity contribution is 0.376. The first-order valence-corrected chi connectivity index (χ1v) is 8.25. The van der Waals surface area contributed by atoms with Crippen molar-refractivity contribution in [3.63, 3.8) is 0 Å². The van der Waals surface area contributed by atoms with Crippen LogP contribution in [0.4, 0.5) is 0 Å². The second-order valence-corrected chi connectivity index (χ2v) is 6.47. The Morgan fingerprint density at radius 2 is 1.35 bits per heavy atom. The zero-order valence-electron chi connectivity index (χ0n) is 14.0. The number of likely N-dealkylation sites (tertiary alicyclic amines) is 1. The molecule has 0 saturated carbocycles. The van der Waals surface area contributed by atoms with E-state index in [-0.39, 0.29) is 0 Å². The summed E-state index contributed by atoms with van der Waals surface area (Å²) in [7, 11) is 0. The molecule has 1 fully saturated rings. The lowest BCUT2D eigenvalue weighted by Gasteiger charge is -2.11. The van der Waals surface area contributed by atoms with E-state index in [4.69, 9.17) is 0 Å². The van der Waals surface area contributed by atoms with Crippen LogP contribution in [0.5, 0.6) is 0 Å². The molecule has 0 radical (unpaired) electrons. The van der Waals surface area contributed by atoms with E-state index in [2.05, 4.69) is 50.8 Å². The van der Waals surface area contributed by atoms with Gasteiger partial charge in [0.2, 0.25) is 0 Å². The first kappa shape index (κ1) is 17.2. The second kappa shape index (κ2) is 9.99. The zero-order valence-corrected chi connectivity index (χ0v) is 14.0. The molecule has 1 nitrogen and oxygen atoms in total. The number of hydrogen-bond donors (Lipinski definition) is 0. The van der Waals surface area contributed by atoms with Crippen molar-refractivity contribution in [1.29, 1.82) is 0 Å². The van der Waals surface area contributed by atoms with Gasteiger partial charge in [-0.2, -0.15) is 0 Å². The largest absolute Gasteiger partial charge is 0.300 e. The van der Waals surface area contributed by atoms with Crippen molar-refractivity contribution in [1.82, 2.24) is 4.90 Å². The summed E-state index contributed by atoms with van der Waals surface area (Å²) in [6, 6.07) is 0. The van der Waals surface area contributed by atoms with Gasteiger partial charge in [0.05, 0.1) is 0 Å². The lowest BCUT2D eigenvalue weighted by atomic mass is 10.1. The van der Waals surface area contributed by atoms with Gasteiger partial charge in [0.1, 0.15) is 0 Å². The van der Waals surface area contributed by atoms with Crippen LogP contribution in [0.1, 0.15) is 66.2 Å². The predicted octanol–water partition coefficient (Wildman–Crippen LogP) is 5.50. The molecule has 0 unspecified atom stereocenters. The molecule has 0 aliphatic carbocycles. The van der Waals surface area contributed by atoms with Crippen molar-refractivity contribution in [2.75, 3.05) is 19.6 Å². The summed E-state index contributed by atoms with van der Waals surface area (Å²) < 4.78 is 0. The van der Waals surface area contributed by atoms with Gasteiger partial charge in [-0.3, -0.25) is 4.90 Å². The summed E-state index contributed by atoms with van der Waals surface area (Å²) in [5.41, 5.74) is 4.51. The highest BCUT2D eigenvalue weighted by Gasteiger charge is 2.08. The topological polar surface area (TPSA) is 3.24 Å². The van der Waals surface area contributed by atoms with Crippen LogP contribution in [-0.4, -0.2) is 24.5 Å². The molecule has 0 amide bonds. The molecule has 1 rings (SSSR count). The average molecular weight is 275 g/mol. The Labute approximate surface area is 126 Å². The Balaban J connectivity index is 2.17. The maximum Gasteiger partial charge on any atom is 0.0165 e. The highest BCUT2D eigenvalue weighted by molar-refractivity contribution is 5.06. The molecule has 0 bridgehead atoms. The predicted molar refractivity (Wildman–Crippen MR) is 91.1 cm³/mol. The van der Waals surface area contributed by atoms with Gasteiger partial charge in [-0.25, -0.2) is 0 Å². The van der Waals surface area contributed by atoms with Crippen LogP contribution in [0.3, 0.4) is 0 Å². The summed E-state index contributed by atoms with van der Waals surface area (Å²) in [4.78, 5) is 2.56. The highest BCUT2D eigenvalue weighted by atomic mass is 15.1. The number of rotatable bonds is 8. The first-order valence-electron chi connectivity index (χ1n) is 8.25. The second-order valence-electron chi connectivity index (χ2n) is 6.47. The van der Waals surface area contributed by atoms with Crippen molar-refractivity contribution in [3.05, 3.63) is 34.9 Å². The summed E-state index contributed by atoms with van der Waals surface area (Å²) in [5.74, 6) is 0. The van der Waals surface area contributed by atoms with Crippen molar-refractivity contribution < 1.29 is 0 Å². The third-order valence-electron chi connectivity index (χ3n) is 4.02. The van der Waals surface area contributed by atoms with Gasteiger partial charge < -0.3 is 0 Å². The van der Waals surface area contributed by atoms with E-state index in [1.54, 1.807) is 5.57 Å². The van der Waals surface area contributed by atoms with Crippen LogP contribution in [0.15, 0.2) is 34.9 Å². The van der Waals surface area contributed by atoms with Crippen LogP contribution in [-0.2, 0) is 0 Å². The molecule has 1 aliphatic rings. The minimum Gasteiger partial charge on any atom is -0.300 e. The SMILES string of the molecule is CC(C)=CCCC(C)=CCCC(C)=CCN1CCCC1. The molecule has 0 aromatic rings. The van der Waals surface area contributed by atoms with Gasteiger partial charge in [0.25, 0.3) is 0 Å². The third-order valence-corrected chi connectivity index (χ3v) is 4.02. The van der Waals surface area contributed by atoms with Gasteiger partial charge in [0, 0.05) is 6.54 Å². The van der Waals surface area contributed by atoms with Gasteiger partial charge in [-0.1, -0.05) is 34.9 Å². The molecule has 0 N–H and O–H groups in total. The Hall–Kier alpha value is -0.820.